The van der Waals surface area contributed by atoms with Gasteiger partial charge in [-0.05, 0) is 49.2 Å². The van der Waals surface area contributed by atoms with Gasteiger partial charge in [0.1, 0.15) is 0 Å². The van der Waals surface area contributed by atoms with Crippen LogP contribution in [0.25, 0.3) is 0 Å². The molecule has 0 spiro atoms. The molecule has 160 valence electrons. The topological polar surface area (TPSA) is 102 Å². The number of rotatable bonds is 6. The van der Waals surface area contributed by atoms with Crippen LogP contribution in [0.3, 0.4) is 0 Å². The summed E-state index contributed by atoms with van der Waals surface area (Å²) >= 11 is 0. The zero-order valence-electron chi connectivity index (χ0n) is 16.9. The number of nitrogens with one attached hydrogen (secondary N) is 1. The molecule has 30 heavy (non-hydrogen) atoms. The van der Waals surface area contributed by atoms with Crippen LogP contribution in [-0.4, -0.2) is 57.5 Å². The van der Waals surface area contributed by atoms with Gasteiger partial charge in [-0.25, -0.2) is 13.2 Å². The fourth-order valence-corrected chi connectivity index (χ4v) is 4.51. The highest BCUT2D eigenvalue weighted by Crippen LogP contribution is 2.20. The molecule has 1 aliphatic heterocycles. The van der Waals surface area contributed by atoms with E-state index in [1.54, 1.807) is 0 Å². The van der Waals surface area contributed by atoms with Gasteiger partial charge in [-0.3, -0.25) is 4.79 Å². The van der Waals surface area contributed by atoms with Crippen molar-refractivity contribution in [1.29, 1.82) is 0 Å². The number of ether oxygens (including phenoxy) is 2. The molecule has 2 aromatic carbocycles. The Labute approximate surface area is 175 Å². The van der Waals surface area contributed by atoms with Crippen LogP contribution in [0.2, 0.25) is 0 Å². The van der Waals surface area contributed by atoms with E-state index in [-0.39, 0.29) is 10.5 Å². The summed E-state index contributed by atoms with van der Waals surface area (Å²) in [6.45, 7) is 4.60. The van der Waals surface area contributed by atoms with Crippen LogP contribution in [0, 0.1) is 13.8 Å². The van der Waals surface area contributed by atoms with Crippen molar-refractivity contribution >= 4 is 27.6 Å². The minimum atomic E-state index is -3.64. The molecule has 0 radical (unpaired) electrons. The predicted molar refractivity (Wildman–Crippen MR) is 111 cm³/mol. The lowest BCUT2D eigenvalue weighted by Crippen LogP contribution is -2.40. The van der Waals surface area contributed by atoms with Crippen LogP contribution < -0.4 is 5.32 Å². The molecule has 1 fully saturated rings. The van der Waals surface area contributed by atoms with Gasteiger partial charge in [-0.1, -0.05) is 18.2 Å². The predicted octanol–water partition coefficient (Wildman–Crippen LogP) is 2.12. The van der Waals surface area contributed by atoms with Gasteiger partial charge in [0.15, 0.2) is 6.61 Å². The number of benzene rings is 2. The average molecular weight is 432 g/mol. The minimum absolute atomic E-state index is 0.0914. The normalized spacial score (nSPS) is 14.9. The van der Waals surface area contributed by atoms with Gasteiger partial charge in [0.2, 0.25) is 10.0 Å². The molecule has 1 heterocycles. The first-order chi connectivity index (χ1) is 14.3. The van der Waals surface area contributed by atoms with Crippen LogP contribution >= 0.6 is 0 Å². The second-order valence-electron chi connectivity index (χ2n) is 6.93. The molecule has 1 amide bonds. The zero-order valence-corrected chi connectivity index (χ0v) is 17.7. The third-order valence-electron chi connectivity index (χ3n) is 4.78. The summed E-state index contributed by atoms with van der Waals surface area (Å²) in [7, 11) is -3.64. The van der Waals surface area contributed by atoms with E-state index >= 15 is 0 Å². The van der Waals surface area contributed by atoms with Gasteiger partial charge >= 0.3 is 5.97 Å². The maximum Gasteiger partial charge on any atom is 0.338 e. The van der Waals surface area contributed by atoms with Crippen LogP contribution in [0.15, 0.2) is 47.4 Å². The molecular weight excluding hydrogens is 408 g/mol. The van der Waals surface area contributed by atoms with E-state index in [0.29, 0.717) is 32.0 Å². The van der Waals surface area contributed by atoms with Crippen LogP contribution in [0.5, 0.6) is 0 Å². The van der Waals surface area contributed by atoms with Crippen molar-refractivity contribution in [2.75, 3.05) is 38.2 Å². The largest absolute Gasteiger partial charge is 0.452 e. The smallest absolute Gasteiger partial charge is 0.338 e. The highest BCUT2D eigenvalue weighted by atomic mass is 32.2. The molecule has 1 aliphatic rings. The fraction of sp³-hybridized carbons (Fsp3) is 0.333. The van der Waals surface area contributed by atoms with E-state index in [2.05, 4.69) is 5.32 Å². The summed E-state index contributed by atoms with van der Waals surface area (Å²) in [6, 6.07) is 11.1. The molecular formula is C21H24N2O6S. The Balaban J connectivity index is 1.59. The molecule has 9 heteroatoms. The maximum absolute atomic E-state index is 12.6. The third kappa shape index (κ3) is 5.05. The molecule has 0 atom stereocenters. The van der Waals surface area contributed by atoms with Crippen molar-refractivity contribution < 1.29 is 27.5 Å². The van der Waals surface area contributed by atoms with Gasteiger partial charge in [0, 0.05) is 18.8 Å². The summed E-state index contributed by atoms with van der Waals surface area (Å²) in [6.07, 6.45) is 0. The Kier molecular flexibility index (Phi) is 6.86. The SMILES string of the molecule is Cc1cccc(C)c1NC(=O)COC(=O)c1ccc(S(=O)(=O)N2CCOCC2)cc1. The first kappa shape index (κ1) is 21.9. The quantitative estimate of drug-likeness (QED) is 0.702. The van der Waals surface area contributed by atoms with Crippen molar-refractivity contribution in [1.82, 2.24) is 4.31 Å². The average Bonchev–Trinajstić information content (AvgIpc) is 2.75. The van der Waals surface area contributed by atoms with Crippen LogP contribution in [-0.2, 0) is 24.3 Å². The summed E-state index contributed by atoms with van der Waals surface area (Å²) in [4.78, 5) is 24.4. The Bertz CT molecular complexity index is 1010. The van der Waals surface area contributed by atoms with E-state index < -0.39 is 28.5 Å². The van der Waals surface area contributed by atoms with E-state index in [1.807, 2.05) is 32.0 Å². The Morgan fingerprint density at radius 2 is 1.63 bits per heavy atom. The highest BCUT2D eigenvalue weighted by Gasteiger charge is 2.26. The van der Waals surface area contributed by atoms with Crippen LogP contribution in [0.4, 0.5) is 5.69 Å². The van der Waals surface area contributed by atoms with E-state index in [0.717, 1.165) is 11.1 Å². The fourth-order valence-electron chi connectivity index (χ4n) is 3.10. The first-order valence-corrected chi connectivity index (χ1v) is 10.9. The summed E-state index contributed by atoms with van der Waals surface area (Å²) in [5.74, 6) is -1.16. The van der Waals surface area contributed by atoms with Crippen LogP contribution in [0.1, 0.15) is 21.5 Å². The Morgan fingerprint density at radius 3 is 2.23 bits per heavy atom. The molecule has 2 aromatic rings. The van der Waals surface area contributed by atoms with Crippen molar-refractivity contribution in [3.63, 3.8) is 0 Å². The van der Waals surface area contributed by atoms with Gasteiger partial charge < -0.3 is 14.8 Å². The number of anilines is 1. The molecule has 0 unspecified atom stereocenters. The number of esters is 1. The zero-order chi connectivity index (χ0) is 21.7. The van der Waals surface area contributed by atoms with E-state index in [4.69, 9.17) is 9.47 Å². The molecule has 0 aliphatic carbocycles. The standard InChI is InChI=1S/C21H24N2O6S/c1-15-4-3-5-16(2)20(15)22-19(24)14-29-21(25)17-6-8-18(9-7-17)30(26,27)23-10-12-28-13-11-23/h3-9H,10-14H2,1-2H3,(H,22,24). The van der Waals surface area contributed by atoms with Gasteiger partial charge in [0.25, 0.3) is 5.91 Å². The molecule has 0 bridgehead atoms. The maximum atomic E-state index is 12.6. The number of morpholine rings is 1. The van der Waals surface area contributed by atoms with Gasteiger partial charge in [-0.2, -0.15) is 4.31 Å². The number of aryl methyl sites for hydroxylation is 2. The number of amides is 1. The number of hydrogen-bond acceptors (Lipinski definition) is 6. The number of hydrogen-bond donors (Lipinski definition) is 1. The van der Waals surface area contributed by atoms with Crippen molar-refractivity contribution in [2.24, 2.45) is 0 Å². The molecule has 0 saturated carbocycles. The molecule has 1 saturated heterocycles. The second kappa shape index (κ2) is 9.38. The van der Waals surface area contributed by atoms with Crippen molar-refractivity contribution in [2.45, 2.75) is 18.7 Å². The molecule has 0 aromatic heterocycles. The number of para-hydroxylation sites is 1. The number of carbonyl (C=O) groups is 2. The number of sulfonamides is 1. The first-order valence-electron chi connectivity index (χ1n) is 9.50. The summed E-state index contributed by atoms with van der Waals surface area (Å²) < 4.78 is 36.8. The summed E-state index contributed by atoms with van der Waals surface area (Å²) in [5.41, 5.74) is 2.67. The number of nitrogens with zero attached hydrogens (tertiary/aromatic N) is 1. The van der Waals surface area contributed by atoms with E-state index in [1.165, 1.54) is 28.6 Å². The minimum Gasteiger partial charge on any atom is -0.452 e. The second-order valence-corrected chi connectivity index (χ2v) is 8.87. The molecule has 3 rings (SSSR count). The highest BCUT2D eigenvalue weighted by molar-refractivity contribution is 7.89. The Hall–Kier alpha value is -2.75. The van der Waals surface area contributed by atoms with Crippen molar-refractivity contribution in [3.05, 3.63) is 59.2 Å². The van der Waals surface area contributed by atoms with Gasteiger partial charge in [0.05, 0.1) is 23.7 Å². The lowest BCUT2D eigenvalue weighted by molar-refractivity contribution is -0.119. The molecule has 8 nitrogen and oxygen atoms in total. The number of carbonyl (C=O) groups excluding carboxylic acids is 2. The third-order valence-corrected chi connectivity index (χ3v) is 6.69. The van der Waals surface area contributed by atoms with Gasteiger partial charge in [-0.15, -0.1) is 0 Å². The lowest BCUT2D eigenvalue weighted by Gasteiger charge is -2.26. The van der Waals surface area contributed by atoms with E-state index in [9.17, 15) is 18.0 Å². The monoisotopic (exact) mass is 432 g/mol. The Morgan fingerprint density at radius 1 is 1.03 bits per heavy atom. The summed E-state index contributed by atoms with van der Waals surface area (Å²) in [5, 5.41) is 2.74. The van der Waals surface area contributed by atoms with Crippen molar-refractivity contribution in [3.8, 4) is 0 Å². The molecule has 1 N–H and O–H groups in total. The lowest BCUT2D eigenvalue weighted by atomic mass is 10.1.